The lowest BCUT2D eigenvalue weighted by Gasteiger charge is -2.37. The van der Waals surface area contributed by atoms with Gasteiger partial charge in [0, 0.05) is 31.2 Å². The number of carbonyl (C=O) groups is 2. The predicted octanol–water partition coefficient (Wildman–Crippen LogP) is 1.26. The van der Waals surface area contributed by atoms with Gasteiger partial charge in [-0.15, -0.1) is 0 Å². The largest absolute Gasteiger partial charge is 0.493 e. The molecule has 0 unspecified atom stereocenters. The minimum absolute atomic E-state index is 0.0476. The lowest BCUT2D eigenvalue weighted by molar-refractivity contribution is -0.137. The van der Waals surface area contributed by atoms with Crippen LogP contribution < -0.4 is 15.2 Å². The molecule has 1 saturated carbocycles. The molecule has 26 heavy (non-hydrogen) atoms. The van der Waals surface area contributed by atoms with Crippen LogP contribution in [0.1, 0.15) is 36.0 Å². The second-order valence-electron chi connectivity index (χ2n) is 6.75. The lowest BCUT2D eigenvalue weighted by atomic mass is 10.1. The Hall–Kier alpha value is -2.28. The van der Waals surface area contributed by atoms with E-state index in [-0.39, 0.29) is 18.4 Å². The third-order valence-corrected chi connectivity index (χ3v) is 5.10. The van der Waals surface area contributed by atoms with E-state index in [0.29, 0.717) is 49.3 Å². The van der Waals surface area contributed by atoms with Crippen molar-refractivity contribution in [1.82, 2.24) is 9.80 Å². The summed E-state index contributed by atoms with van der Waals surface area (Å²) in [5, 5.41) is 0. The van der Waals surface area contributed by atoms with Crippen LogP contribution in [0.15, 0.2) is 18.2 Å². The summed E-state index contributed by atoms with van der Waals surface area (Å²) >= 11 is 0. The standard InChI is InChI=1S/C19H27N3O4/c1-25-17-12-14(6-7-16(17)26-11-8-20)19(24)21-9-10-22(18(23)13-21)15-4-2-3-5-15/h6-7,12,15H,2-5,8-11,13,20H2,1H3. The zero-order valence-corrected chi connectivity index (χ0v) is 15.3. The molecule has 0 spiro atoms. The van der Waals surface area contributed by atoms with Gasteiger partial charge in [-0.2, -0.15) is 0 Å². The summed E-state index contributed by atoms with van der Waals surface area (Å²) < 4.78 is 10.8. The normalized spacial score (nSPS) is 18.3. The van der Waals surface area contributed by atoms with E-state index in [4.69, 9.17) is 15.2 Å². The van der Waals surface area contributed by atoms with Gasteiger partial charge in [-0.25, -0.2) is 0 Å². The van der Waals surface area contributed by atoms with Crippen LogP contribution in [0.3, 0.4) is 0 Å². The highest BCUT2D eigenvalue weighted by molar-refractivity contribution is 5.97. The minimum atomic E-state index is -0.159. The molecule has 1 aromatic rings. The molecule has 3 rings (SSSR count). The molecule has 7 heteroatoms. The van der Waals surface area contributed by atoms with Gasteiger partial charge in [-0.05, 0) is 31.0 Å². The van der Waals surface area contributed by atoms with Crippen molar-refractivity contribution in [1.29, 1.82) is 0 Å². The second-order valence-corrected chi connectivity index (χ2v) is 6.75. The third kappa shape index (κ3) is 3.93. The van der Waals surface area contributed by atoms with Crippen LogP contribution >= 0.6 is 0 Å². The van der Waals surface area contributed by atoms with E-state index < -0.39 is 0 Å². The molecular formula is C19H27N3O4. The molecule has 0 bridgehead atoms. The maximum Gasteiger partial charge on any atom is 0.254 e. The maximum absolute atomic E-state index is 12.8. The predicted molar refractivity (Wildman–Crippen MR) is 97.4 cm³/mol. The molecule has 2 amide bonds. The van der Waals surface area contributed by atoms with Crippen molar-refractivity contribution in [2.24, 2.45) is 5.73 Å². The fourth-order valence-corrected chi connectivity index (χ4v) is 3.73. The average molecular weight is 361 g/mol. The maximum atomic E-state index is 12.8. The summed E-state index contributed by atoms with van der Waals surface area (Å²) in [5.74, 6) is 0.927. The van der Waals surface area contributed by atoms with Crippen LogP contribution in [0.25, 0.3) is 0 Å². The summed E-state index contributed by atoms with van der Waals surface area (Å²) in [6, 6.07) is 5.42. The van der Waals surface area contributed by atoms with Crippen molar-refractivity contribution in [2.45, 2.75) is 31.7 Å². The van der Waals surface area contributed by atoms with Gasteiger partial charge < -0.3 is 25.0 Å². The van der Waals surface area contributed by atoms with Crippen LogP contribution in [-0.2, 0) is 4.79 Å². The molecule has 1 aromatic carbocycles. The van der Waals surface area contributed by atoms with Gasteiger partial charge in [0.1, 0.15) is 13.2 Å². The molecule has 2 fully saturated rings. The third-order valence-electron chi connectivity index (χ3n) is 5.10. The van der Waals surface area contributed by atoms with Crippen LogP contribution in [0, 0.1) is 0 Å². The number of piperazine rings is 1. The van der Waals surface area contributed by atoms with E-state index in [0.717, 1.165) is 12.8 Å². The highest BCUT2D eigenvalue weighted by Crippen LogP contribution is 2.29. The van der Waals surface area contributed by atoms with Crippen molar-refractivity contribution in [3.63, 3.8) is 0 Å². The molecule has 1 saturated heterocycles. The Kier molecular flexibility index (Phi) is 5.98. The number of methoxy groups -OCH3 is 1. The summed E-state index contributed by atoms with van der Waals surface area (Å²) in [5.41, 5.74) is 5.94. The first kappa shape index (κ1) is 18.5. The number of rotatable bonds is 6. The van der Waals surface area contributed by atoms with E-state index in [1.807, 2.05) is 4.90 Å². The highest BCUT2D eigenvalue weighted by atomic mass is 16.5. The van der Waals surface area contributed by atoms with E-state index in [9.17, 15) is 9.59 Å². The van der Waals surface area contributed by atoms with Gasteiger partial charge in [0.25, 0.3) is 5.91 Å². The molecule has 1 heterocycles. The molecule has 2 aliphatic rings. The molecule has 2 N–H and O–H groups in total. The number of carbonyl (C=O) groups excluding carboxylic acids is 2. The van der Waals surface area contributed by atoms with Crippen LogP contribution in [0.5, 0.6) is 11.5 Å². The summed E-state index contributed by atoms with van der Waals surface area (Å²) in [6.45, 7) is 2.10. The lowest BCUT2D eigenvalue weighted by Crippen LogP contribution is -2.54. The molecule has 142 valence electrons. The Morgan fingerprint density at radius 3 is 2.65 bits per heavy atom. The van der Waals surface area contributed by atoms with Gasteiger partial charge >= 0.3 is 0 Å². The van der Waals surface area contributed by atoms with Gasteiger partial charge in [-0.3, -0.25) is 9.59 Å². The molecule has 0 radical (unpaired) electrons. The Balaban J connectivity index is 1.66. The minimum Gasteiger partial charge on any atom is -0.493 e. The Labute approximate surface area is 154 Å². The van der Waals surface area contributed by atoms with Crippen LogP contribution in [0.4, 0.5) is 0 Å². The van der Waals surface area contributed by atoms with Gasteiger partial charge in [-0.1, -0.05) is 12.8 Å². The van der Waals surface area contributed by atoms with Crippen molar-refractivity contribution in [3.8, 4) is 11.5 Å². The van der Waals surface area contributed by atoms with Crippen LogP contribution in [-0.4, -0.2) is 67.6 Å². The van der Waals surface area contributed by atoms with Crippen molar-refractivity contribution < 1.29 is 19.1 Å². The Morgan fingerprint density at radius 2 is 2.00 bits per heavy atom. The fourth-order valence-electron chi connectivity index (χ4n) is 3.73. The number of nitrogens with two attached hydrogens (primary N) is 1. The summed E-state index contributed by atoms with van der Waals surface area (Å²) in [6.07, 6.45) is 4.55. The zero-order valence-electron chi connectivity index (χ0n) is 15.3. The van der Waals surface area contributed by atoms with Gasteiger partial charge in [0.05, 0.1) is 7.11 Å². The smallest absolute Gasteiger partial charge is 0.254 e. The highest BCUT2D eigenvalue weighted by Gasteiger charge is 2.33. The van der Waals surface area contributed by atoms with E-state index in [2.05, 4.69) is 0 Å². The number of amides is 2. The van der Waals surface area contributed by atoms with Crippen LogP contribution in [0.2, 0.25) is 0 Å². The molecule has 0 aromatic heterocycles. The summed E-state index contributed by atoms with van der Waals surface area (Å²) in [7, 11) is 1.53. The first-order valence-corrected chi connectivity index (χ1v) is 9.23. The quantitative estimate of drug-likeness (QED) is 0.824. The first-order chi connectivity index (χ1) is 12.6. The van der Waals surface area contributed by atoms with E-state index in [1.165, 1.54) is 20.0 Å². The molecular weight excluding hydrogens is 334 g/mol. The fraction of sp³-hybridized carbons (Fsp3) is 0.579. The van der Waals surface area contributed by atoms with E-state index >= 15 is 0 Å². The number of ether oxygens (including phenoxy) is 2. The number of hydrogen-bond acceptors (Lipinski definition) is 5. The molecule has 1 aliphatic heterocycles. The van der Waals surface area contributed by atoms with Crippen molar-refractivity contribution in [2.75, 3.05) is 39.9 Å². The second kappa shape index (κ2) is 8.40. The van der Waals surface area contributed by atoms with Crippen molar-refractivity contribution >= 4 is 11.8 Å². The van der Waals surface area contributed by atoms with Crippen molar-refractivity contribution in [3.05, 3.63) is 23.8 Å². The van der Waals surface area contributed by atoms with E-state index in [1.54, 1.807) is 23.1 Å². The molecule has 0 atom stereocenters. The van der Waals surface area contributed by atoms with Gasteiger partial charge in [0.15, 0.2) is 11.5 Å². The van der Waals surface area contributed by atoms with Gasteiger partial charge in [0.2, 0.25) is 5.91 Å². The topological polar surface area (TPSA) is 85.1 Å². The SMILES string of the molecule is COc1cc(C(=O)N2CCN(C3CCCC3)C(=O)C2)ccc1OCCN. The Morgan fingerprint density at radius 1 is 1.23 bits per heavy atom. The zero-order chi connectivity index (χ0) is 18.5. The molecule has 7 nitrogen and oxygen atoms in total. The monoisotopic (exact) mass is 361 g/mol. The number of nitrogens with zero attached hydrogens (tertiary/aromatic N) is 2. The summed E-state index contributed by atoms with van der Waals surface area (Å²) in [4.78, 5) is 28.9. The average Bonchev–Trinajstić information content (AvgIpc) is 3.20. The molecule has 1 aliphatic carbocycles. The number of benzene rings is 1. The first-order valence-electron chi connectivity index (χ1n) is 9.23. The number of hydrogen-bond donors (Lipinski definition) is 1. The Bertz CT molecular complexity index is 658.